The summed E-state index contributed by atoms with van der Waals surface area (Å²) in [6.07, 6.45) is 2.02. The highest BCUT2D eigenvalue weighted by atomic mass is 32.2. The molecular formula is C37H36N2O7S2. The number of allylic oxidation sites excluding steroid dienone is 3. The Hall–Kier alpha value is -4.55. The van der Waals surface area contributed by atoms with E-state index in [4.69, 9.17) is 9.41 Å². The Kier molecular flexibility index (Phi) is 8.45. The van der Waals surface area contributed by atoms with Crippen LogP contribution in [0.4, 0.5) is 11.4 Å². The molecule has 0 amide bonds. The summed E-state index contributed by atoms with van der Waals surface area (Å²) in [6, 6.07) is 23.3. The molecule has 3 aromatic rings. The van der Waals surface area contributed by atoms with Crippen LogP contribution in [-0.4, -0.2) is 30.7 Å². The zero-order valence-corrected chi connectivity index (χ0v) is 28.8. The summed E-state index contributed by atoms with van der Waals surface area (Å²) in [7, 11) is -8.90. The minimum absolute atomic E-state index is 0.105. The summed E-state index contributed by atoms with van der Waals surface area (Å²) in [5.41, 5.74) is 7.93. The number of rotatable bonds is 6. The second kappa shape index (κ2) is 12.2. The molecule has 48 heavy (non-hydrogen) atoms. The highest BCUT2D eigenvalue weighted by Crippen LogP contribution is 2.43. The third-order valence-corrected chi connectivity index (χ3v) is 11.5. The van der Waals surface area contributed by atoms with Crippen molar-refractivity contribution in [1.29, 1.82) is 0 Å². The smallest absolute Gasteiger partial charge is 0.295 e. The van der Waals surface area contributed by atoms with Gasteiger partial charge in [-0.05, 0) is 100 Å². The Labute approximate surface area is 280 Å². The highest BCUT2D eigenvalue weighted by molar-refractivity contribution is 7.87. The average Bonchev–Trinajstić information content (AvgIpc) is 3.12. The molecule has 9 nitrogen and oxygen atoms in total. The van der Waals surface area contributed by atoms with Crippen molar-refractivity contribution in [3.05, 3.63) is 118 Å². The topological polar surface area (TPSA) is 146 Å². The van der Waals surface area contributed by atoms with Gasteiger partial charge in [0.2, 0.25) is 0 Å². The highest BCUT2D eigenvalue weighted by Gasteiger charge is 2.39. The molecule has 0 saturated carbocycles. The van der Waals surface area contributed by atoms with Gasteiger partial charge in [0.05, 0.1) is 11.1 Å². The van der Waals surface area contributed by atoms with E-state index in [1.165, 1.54) is 13.0 Å². The second-order valence-corrected chi connectivity index (χ2v) is 16.0. The van der Waals surface area contributed by atoms with Crippen LogP contribution in [0.1, 0.15) is 44.7 Å². The number of para-hydroxylation sites is 1. The van der Waals surface area contributed by atoms with Gasteiger partial charge in [-0.1, -0.05) is 42.5 Å². The molecule has 3 aliphatic rings. The zero-order valence-electron chi connectivity index (χ0n) is 27.2. The Morgan fingerprint density at radius 2 is 1.54 bits per heavy atom. The van der Waals surface area contributed by atoms with Gasteiger partial charge >= 0.3 is 0 Å². The molecule has 3 aromatic carbocycles. The van der Waals surface area contributed by atoms with Gasteiger partial charge in [-0.3, -0.25) is 9.11 Å². The van der Waals surface area contributed by atoms with Crippen LogP contribution >= 0.6 is 0 Å². The van der Waals surface area contributed by atoms with E-state index in [9.17, 15) is 25.9 Å². The van der Waals surface area contributed by atoms with Crippen LogP contribution in [0.3, 0.4) is 0 Å². The fourth-order valence-electron chi connectivity index (χ4n) is 6.40. The first-order valence-electron chi connectivity index (χ1n) is 15.4. The van der Waals surface area contributed by atoms with E-state index in [0.717, 1.165) is 28.1 Å². The summed E-state index contributed by atoms with van der Waals surface area (Å²) in [5.74, 6) is 0.421. The molecule has 3 N–H and O–H groups in total. The lowest BCUT2D eigenvalue weighted by molar-refractivity contribution is 0.429. The van der Waals surface area contributed by atoms with Gasteiger partial charge in [0.25, 0.3) is 20.2 Å². The molecule has 1 unspecified atom stereocenters. The third kappa shape index (κ3) is 6.22. The van der Waals surface area contributed by atoms with Crippen molar-refractivity contribution in [2.45, 2.75) is 57.1 Å². The average molecular weight is 685 g/mol. The van der Waals surface area contributed by atoms with Crippen LogP contribution in [-0.2, 0) is 20.2 Å². The molecule has 248 valence electrons. The van der Waals surface area contributed by atoms with Crippen molar-refractivity contribution in [3.63, 3.8) is 0 Å². The van der Waals surface area contributed by atoms with E-state index in [1.807, 2.05) is 57.2 Å². The monoisotopic (exact) mass is 684 g/mol. The normalized spacial score (nSPS) is 17.9. The maximum absolute atomic E-state index is 12.5. The Balaban J connectivity index is 1.59. The van der Waals surface area contributed by atoms with Crippen LogP contribution in [0.15, 0.2) is 116 Å². The molecule has 11 heteroatoms. The van der Waals surface area contributed by atoms with Crippen LogP contribution < -0.4 is 10.7 Å². The van der Waals surface area contributed by atoms with E-state index in [-0.39, 0.29) is 17.7 Å². The molecule has 1 atom stereocenters. The molecule has 6 rings (SSSR count). The van der Waals surface area contributed by atoms with Gasteiger partial charge in [0.15, 0.2) is 0 Å². The van der Waals surface area contributed by atoms with Crippen molar-refractivity contribution in [3.8, 4) is 22.5 Å². The first-order chi connectivity index (χ1) is 22.6. The van der Waals surface area contributed by atoms with Crippen LogP contribution in [0, 0.1) is 13.8 Å². The van der Waals surface area contributed by atoms with Gasteiger partial charge in [-0.25, -0.2) is 4.99 Å². The van der Waals surface area contributed by atoms with Crippen molar-refractivity contribution < 1.29 is 30.4 Å². The van der Waals surface area contributed by atoms with Crippen LogP contribution in [0.5, 0.6) is 0 Å². The van der Waals surface area contributed by atoms with Crippen molar-refractivity contribution in [1.82, 2.24) is 0 Å². The molecule has 0 spiro atoms. The molecule has 1 heterocycles. The lowest BCUT2D eigenvalue weighted by atomic mass is 9.93. The first-order valence-corrected chi connectivity index (χ1v) is 18.2. The molecular weight excluding hydrogens is 649 g/mol. The summed E-state index contributed by atoms with van der Waals surface area (Å²) < 4.78 is 74.8. The number of fused-ring (bicyclic) bond motifs is 2. The van der Waals surface area contributed by atoms with Gasteiger partial charge in [0, 0.05) is 45.6 Å². The van der Waals surface area contributed by atoms with Crippen molar-refractivity contribution in [2.24, 2.45) is 4.99 Å². The minimum Gasteiger partial charge on any atom is -0.456 e. The maximum atomic E-state index is 12.5. The Morgan fingerprint density at radius 1 is 0.833 bits per heavy atom. The fraction of sp³-hybridized carbons (Fsp3) is 0.216. The van der Waals surface area contributed by atoms with E-state index in [1.54, 1.807) is 49.4 Å². The molecule has 0 bridgehead atoms. The third-order valence-electron chi connectivity index (χ3n) is 9.01. The molecule has 0 fully saturated rings. The van der Waals surface area contributed by atoms with Gasteiger partial charge in [-0.2, -0.15) is 16.8 Å². The number of benzene rings is 4. The number of hydrogen-bond donors (Lipinski definition) is 3. The maximum Gasteiger partial charge on any atom is 0.295 e. The molecule has 0 aromatic heterocycles. The van der Waals surface area contributed by atoms with E-state index in [2.05, 4.69) is 5.32 Å². The molecule has 0 saturated heterocycles. The number of anilines is 2. The molecule has 2 aliphatic carbocycles. The van der Waals surface area contributed by atoms with E-state index in [0.29, 0.717) is 50.0 Å². The second-order valence-electron chi connectivity index (χ2n) is 12.7. The fourth-order valence-corrected chi connectivity index (χ4v) is 7.79. The number of aryl methyl sites for hydroxylation is 2. The van der Waals surface area contributed by atoms with Crippen molar-refractivity contribution in [2.75, 3.05) is 5.32 Å². The summed E-state index contributed by atoms with van der Waals surface area (Å²) in [4.78, 5) is 4.67. The van der Waals surface area contributed by atoms with Crippen LogP contribution in [0.25, 0.3) is 33.4 Å². The van der Waals surface area contributed by atoms with Crippen LogP contribution in [0.2, 0.25) is 0 Å². The van der Waals surface area contributed by atoms with E-state index >= 15 is 0 Å². The lowest BCUT2D eigenvalue weighted by Crippen LogP contribution is -2.34. The summed E-state index contributed by atoms with van der Waals surface area (Å²) >= 11 is 0. The number of hydrogen-bond acceptors (Lipinski definition) is 7. The quantitative estimate of drug-likeness (QED) is 0.119. The first kappa shape index (κ1) is 33.4. The van der Waals surface area contributed by atoms with Gasteiger partial charge in [0.1, 0.15) is 21.0 Å². The lowest BCUT2D eigenvalue weighted by Gasteiger charge is -2.24. The zero-order chi connectivity index (χ0) is 34.6. The molecule has 1 aliphatic heterocycles. The Bertz CT molecular complexity index is 2420. The standard InChI is InChI=1S/C37H36N2O7S2/c1-22-9-8-10-23(2)35(22)38-26-13-15-28-31(19-26)46-32-20-27(39-36-24(3)17-18-37(5,21-25(36)4)48(43,44)45)14-16-29(32)34(28)30-11-6-7-12-33(30)47(40,41)42/h6-17,19-20,38H,18,21H2,1-5H3,(H,40,41,42)(H,43,44,45). The number of nitrogens with one attached hydrogen (secondary N) is 1. The summed E-state index contributed by atoms with van der Waals surface area (Å²) in [6.45, 7) is 9.23. The van der Waals surface area contributed by atoms with E-state index < -0.39 is 25.0 Å². The minimum atomic E-state index is -4.57. The number of nitrogens with zero attached hydrogens (tertiary/aromatic N) is 1. The SMILES string of the molecule is CC1=CCC(C)(S(=O)(=O)O)CC(C)=C1N=c1ccc2c(-c3ccccc3S(=O)(=O)O)c3ccc(Nc4c(C)cccc4C)cc3oc-2c1. The predicted molar refractivity (Wildman–Crippen MR) is 188 cm³/mol. The van der Waals surface area contributed by atoms with Crippen molar-refractivity contribution >= 4 is 42.6 Å². The Morgan fingerprint density at radius 3 is 2.23 bits per heavy atom. The molecule has 0 radical (unpaired) electrons. The van der Waals surface area contributed by atoms with Gasteiger partial charge < -0.3 is 9.73 Å². The predicted octanol–water partition coefficient (Wildman–Crippen LogP) is 8.37. The summed E-state index contributed by atoms with van der Waals surface area (Å²) in [5, 5.41) is 4.66. The largest absolute Gasteiger partial charge is 0.456 e. The van der Waals surface area contributed by atoms with Gasteiger partial charge in [-0.15, -0.1) is 0 Å².